The zero-order chi connectivity index (χ0) is 20.3. The number of H-pyrrole nitrogens is 1. The van der Waals surface area contributed by atoms with Crippen LogP contribution in [-0.2, 0) is 11.3 Å². The van der Waals surface area contributed by atoms with Crippen molar-refractivity contribution in [1.29, 1.82) is 0 Å². The summed E-state index contributed by atoms with van der Waals surface area (Å²) >= 11 is 11.8. The van der Waals surface area contributed by atoms with Gasteiger partial charge >= 0.3 is 5.97 Å². The van der Waals surface area contributed by atoms with Gasteiger partial charge in [-0.25, -0.2) is 4.79 Å². The molecular formula is C19H16Cl2N2O5. The number of aromatic nitrogens is 1. The summed E-state index contributed by atoms with van der Waals surface area (Å²) in [7, 11) is 1.46. The lowest BCUT2D eigenvalue weighted by molar-refractivity contribution is -0.123. The molecule has 7 nitrogen and oxygen atoms in total. The molecule has 0 saturated carbocycles. The van der Waals surface area contributed by atoms with Gasteiger partial charge in [-0.1, -0.05) is 29.3 Å². The number of fused-ring (bicyclic) bond motifs is 1. The van der Waals surface area contributed by atoms with Crippen molar-refractivity contribution in [2.75, 3.05) is 13.7 Å². The third-order valence-corrected chi connectivity index (χ3v) is 4.73. The Balaban J connectivity index is 1.70. The molecule has 146 valence electrons. The number of halogens is 2. The fourth-order valence-corrected chi connectivity index (χ4v) is 2.94. The Morgan fingerprint density at radius 1 is 1.14 bits per heavy atom. The number of aromatic amines is 1. The van der Waals surface area contributed by atoms with Crippen LogP contribution < -0.4 is 14.8 Å². The van der Waals surface area contributed by atoms with E-state index in [-0.39, 0.29) is 30.5 Å². The van der Waals surface area contributed by atoms with Crippen molar-refractivity contribution in [3.8, 4) is 11.5 Å². The van der Waals surface area contributed by atoms with E-state index < -0.39 is 5.97 Å². The van der Waals surface area contributed by atoms with Crippen LogP contribution in [0.3, 0.4) is 0 Å². The molecule has 0 aliphatic rings. The fourth-order valence-electron chi connectivity index (χ4n) is 2.62. The number of amides is 1. The maximum absolute atomic E-state index is 12.2. The molecule has 3 N–H and O–H groups in total. The summed E-state index contributed by atoms with van der Waals surface area (Å²) in [6.45, 7) is -0.0158. The first-order valence-corrected chi connectivity index (χ1v) is 8.91. The molecule has 0 unspecified atom stereocenters. The smallest absolute Gasteiger partial charge is 0.352 e. The molecule has 1 aromatic heterocycles. The largest absolute Gasteiger partial charge is 0.493 e. The van der Waals surface area contributed by atoms with E-state index in [1.165, 1.54) is 13.2 Å². The summed E-state index contributed by atoms with van der Waals surface area (Å²) in [6.07, 6.45) is 0. The summed E-state index contributed by atoms with van der Waals surface area (Å²) in [6, 6.07) is 9.82. The summed E-state index contributed by atoms with van der Waals surface area (Å²) in [5.74, 6) is -0.784. The highest BCUT2D eigenvalue weighted by atomic mass is 35.5. The second-order valence-electron chi connectivity index (χ2n) is 5.86. The van der Waals surface area contributed by atoms with Gasteiger partial charge in [0.25, 0.3) is 5.91 Å². The van der Waals surface area contributed by atoms with Gasteiger partial charge in [0.1, 0.15) is 5.69 Å². The molecule has 0 radical (unpaired) electrons. The Hall–Kier alpha value is -2.90. The average molecular weight is 423 g/mol. The van der Waals surface area contributed by atoms with Crippen molar-refractivity contribution >= 4 is 46.0 Å². The van der Waals surface area contributed by atoms with Crippen molar-refractivity contribution in [3.63, 3.8) is 0 Å². The van der Waals surface area contributed by atoms with E-state index in [0.29, 0.717) is 26.7 Å². The second kappa shape index (κ2) is 8.41. The topological polar surface area (TPSA) is 101 Å². The number of carbonyl (C=O) groups excluding carboxylic acids is 1. The van der Waals surface area contributed by atoms with Gasteiger partial charge in [0.2, 0.25) is 0 Å². The predicted molar refractivity (Wildman–Crippen MR) is 106 cm³/mol. The highest BCUT2D eigenvalue weighted by molar-refractivity contribution is 6.42. The standard InChI is InChI=1S/C19H16Cl2N2O5/c1-27-16-5-4-14-11(7-15(23-14)19(25)26)18(16)28-9-17(24)22-8-10-2-3-12(20)13(21)6-10/h2-7,23H,8-9H2,1H3,(H,22,24)(H,25,26). The lowest BCUT2D eigenvalue weighted by atomic mass is 10.2. The number of carbonyl (C=O) groups is 2. The van der Waals surface area contributed by atoms with Gasteiger partial charge in [0, 0.05) is 11.9 Å². The zero-order valence-electron chi connectivity index (χ0n) is 14.7. The van der Waals surface area contributed by atoms with Gasteiger partial charge in [-0.2, -0.15) is 0 Å². The minimum Gasteiger partial charge on any atom is -0.493 e. The van der Waals surface area contributed by atoms with Crippen LogP contribution >= 0.6 is 23.2 Å². The van der Waals surface area contributed by atoms with Gasteiger partial charge < -0.3 is 24.9 Å². The lowest BCUT2D eigenvalue weighted by Crippen LogP contribution is -2.28. The number of ether oxygens (including phenoxy) is 2. The third-order valence-electron chi connectivity index (χ3n) is 3.99. The SMILES string of the molecule is COc1ccc2[nH]c(C(=O)O)cc2c1OCC(=O)NCc1ccc(Cl)c(Cl)c1. The van der Waals surface area contributed by atoms with Crippen LogP contribution in [-0.4, -0.2) is 35.7 Å². The maximum Gasteiger partial charge on any atom is 0.352 e. The highest BCUT2D eigenvalue weighted by Gasteiger charge is 2.16. The minimum absolute atomic E-state index is 0.0113. The quantitative estimate of drug-likeness (QED) is 0.536. The molecule has 9 heteroatoms. The Kier molecular flexibility index (Phi) is 5.96. The summed E-state index contributed by atoms with van der Waals surface area (Å²) < 4.78 is 10.9. The number of nitrogens with one attached hydrogen (secondary N) is 2. The molecular weight excluding hydrogens is 407 g/mol. The van der Waals surface area contributed by atoms with Gasteiger partial charge in [-0.05, 0) is 35.9 Å². The average Bonchev–Trinajstić information content (AvgIpc) is 3.11. The first-order valence-electron chi connectivity index (χ1n) is 8.15. The summed E-state index contributed by atoms with van der Waals surface area (Å²) in [5.41, 5.74) is 1.36. The number of carboxylic acids is 1. The number of hydrogen-bond donors (Lipinski definition) is 3. The van der Waals surface area contributed by atoms with E-state index in [2.05, 4.69) is 10.3 Å². The Morgan fingerprint density at radius 2 is 1.93 bits per heavy atom. The Bertz CT molecular complexity index is 1050. The molecule has 1 heterocycles. The molecule has 0 atom stereocenters. The second-order valence-corrected chi connectivity index (χ2v) is 6.67. The summed E-state index contributed by atoms with van der Waals surface area (Å²) in [5, 5.41) is 13.2. The van der Waals surface area contributed by atoms with E-state index in [9.17, 15) is 9.59 Å². The first kappa shape index (κ1) is 19.9. The summed E-state index contributed by atoms with van der Waals surface area (Å²) in [4.78, 5) is 26.1. The highest BCUT2D eigenvalue weighted by Crippen LogP contribution is 2.36. The molecule has 28 heavy (non-hydrogen) atoms. The van der Waals surface area contributed by atoms with E-state index in [1.54, 1.807) is 30.3 Å². The van der Waals surface area contributed by atoms with Crippen LogP contribution in [0.5, 0.6) is 11.5 Å². The molecule has 0 spiro atoms. The number of hydrogen-bond acceptors (Lipinski definition) is 4. The zero-order valence-corrected chi connectivity index (χ0v) is 16.2. The fraction of sp³-hybridized carbons (Fsp3) is 0.158. The van der Waals surface area contributed by atoms with Crippen LogP contribution in [0.2, 0.25) is 10.0 Å². The monoisotopic (exact) mass is 422 g/mol. The molecule has 0 fully saturated rings. The Morgan fingerprint density at radius 3 is 2.61 bits per heavy atom. The van der Waals surface area contributed by atoms with Gasteiger partial charge in [-0.15, -0.1) is 0 Å². The number of aromatic carboxylic acids is 1. The van der Waals surface area contributed by atoms with Crippen molar-refractivity contribution in [3.05, 3.63) is 57.7 Å². The van der Waals surface area contributed by atoms with Gasteiger partial charge in [-0.3, -0.25) is 4.79 Å². The van der Waals surface area contributed by atoms with E-state index in [1.807, 2.05) is 0 Å². The number of carboxylic acid groups (broad SMARTS) is 1. The van der Waals surface area contributed by atoms with E-state index >= 15 is 0 Å². The van der Waals surface area contributed by atoms with Crippen molar-refractivity contribution in [2.24, 2.45) is 0 Å². The first-order chi connectivity index (χ1) is 13.4. The minimum atomic E-state index is -1.10. The molecule has 2 aromatic carbocycles. The van der Waals surface area contributed by atoms with Crippen molar-refractivity contribution in [2.45, 2.75) is 6.54 Å². The Labute approximate surface area is 170 Å². The van der Waals surface area contributed by atoms with Crippen LogP contribution in [0.1, 0.15) is 16.1 Å². The molecule has 3 aromatic rings. The third kappa shape index (κ3) is 4.32. The van der Waals surface area contributed by atoms with Crippen molar-refractivity contribution < 1.29 is 24.2 Å². The molecule has 0 aliphatic heterocycles. The predicted octanol–water partition coefficient (Wildman–Crippen LogP) is 3.88. The van der Waals surface area contributed by atoms with Crippen LogP contribution in [0.25, 0.3) is 10.9 Å². The normalized spacial score (nSPS) is 10.7. The van der Waals surface area contributed by atoms with Crippen LogP contribution in [0.15, 0.2) is 36.4 Å². The van der Waals surface area contributed by atoms with Gasteiger partial charge in [0.05, 0.1) is 22.7 Å². The number of rotatable bonds is 7. The molecule has 0 saturated heterocycles. The molecule has 0 bridgehead atoms. The van der Waals surface area contributed by atoms with Crippen LogP contribution in [0, 0.1) is 0 Å². The molecule has 1 amide bonds. The van der Waals surface area contributed by atoms with Crippen molar-refractivity contribution in [1.82, 2.24) is 10.3 Å². The van der Waals surface area contributed by atoms with Gasteiger partial charge in [0.15, 0.2) is 18.1 Å². The van der Waals surface area contributed by atoms with Crippen LogP contribution in [0.4, 0.5) is 0 Å². The number of methoxy groups -OCH3 is 1. The van der Waals surface area contributed by atoms with E-state index in [4.69, 9.17) is 37.8 Å². The maximum atomic E-state index is 12.2. The van der Waals surface area contributed by atoms with E-state index in [0.717, 1.165) is 5.56 Å². The molecule has 3 rings (SSSR count). The molecule has 0 aliphatic carbocycles. The lowest BCUT2D eigenvalue weighted by Gasteiger charge is -2.12. The number of benzene rings is 2.